The fourth-order valence-corrected chi connectivity index (χ4v) is 2.60. The molecule has 0 radical (unpaired) electrons. The summed E-state index contributed by atoms with van der Waals surface area (Å²) in [6, 6.07) is 3.73. The molecule has 1 heterocycles. The van der Waals surface area contributed by atoms with Crippen molar-refractivity contribution in [3.05, 3.63) is 35.4 Å². The lowest BCUT2D eigenvalue weighted by Crippen LogP contribution is -2.42. The second-order valence-electron chi connectivity index (χ2n) is 5.27. The number of nitrogens with zero attached hydrogens (tertiary/aromatic N) is 1. The van der Waals surface area contributed by atoms with E-state index in [4.69, 9.17) is 5.73 Å². The molecule has 1 aromatic rings. The zero-order valence-electron chi connectivity index (χ0n) is 11.4. The molecular formula is C15H20F2N2O. The predicted octanol–water partition coefficient (Wildman–Crippen LogP) is 2.09. The molecule has 1 aliphatic rings. The van der Waals surface area contributed by atoms with Crippen LogP contribution < -0.4 is 5.73 Å². The molecule has 0 bridgehead atoms. The molecule has 2 N–H and O–H groups in total. The minimum atomic E-state index is -0.885. The van der Waals surface area contributed by atoms with Crippen molar-refractivity contribution in [3.8, 4) is 0 Å². The summed E-state index contributed by atoms with van der Waals surface area (Å²) in [5, 5.41) is 0. The van der Waals surface area contributed by atoms with Crippen LogP contribution in [0.4, 0.5) is 8.78 Å². The normalized spacial score (nSPS) is 17.1. The van der Waals surface area contributed by atoms with Crippen LogP contribution in [0.2, 0.25) is 0 Å². The summed E-state index contributed by atoms with van der Waals surface area (Å²) >= 11 is 0. The number of amides is 1. The highest BCUT2D eigenvalue weighted by Gasteiger charge is 2.24. The van der Waals surface area contributed by atoms with Crippen molar-refractivity contribution in [2.75, 3.05) is 19.6 Å². The van der Waals surface area contributed by atoms with Crippen LogP contribution >= 0.6 is 0 Å². The number of carbonyl (C=O) groups excluding carboxylic acids is 1. The van der Waals surface area contributed by atoms with Gasteiger partial charge in [0.1, 0.15) is 0 Å². The SMILES string of the molecule is NCC(Cc1ccc(F)c(F)c1)C(=O)N1CCCCC1. The number of benzene rings is 1. The highest BCUT2D eigenvalue weighted by atomic mass is 19.2. The van der Waals surface area contributed by atoms with Gasteiger partial charge in [-0.3, -0.25) is 4.79 Å². The second kappa shape index (κ2) is 6.79. The van der Waals surface area contributed by atoms with Gasteiger partial charge in [0.2, 0.25) is 5.91 Å². The van der Waals surface area contributed by atoms with Gasteiger partial charge in [-0.25, -0.2) is 8.78 Å². The number of piperidine rings is 1. The van der Waals surface area contributed by atoms with E-state index in [1.54, 1.807) is 0 Å². The number of nitrogens with two attached hydrogens (primary N) is 1. The van der Waals surface area contributed by atoms with Crippen molar-refractivity contribution < 1.29 is 13.6 Å². The van der Waals surface area contributed by atoms with Gasteiger partial charge in [0, 0.05) is 19.6 Å². The Hall–Kier alpha value is -1.49. The van der Waals surface area contributed by atoms with Gasteiger partial charge >= 0.3 is 0 Å². The zero-order valence-corrected chi connectivity index (χ0v) is 11.4. The van der Waals surface area contributed by atoms with Crippen LogP contribution in [0, 0.1) is 17.6 Å². The van der Waals surface area contributed by atoms with E-state index in [-0.39, 0.29) is 18.4 Å². The van der Waals surface area contributed by atoms with Crippen molar-refractivity contribution in [1.82, 2.24) is 4.90 Å². The molecule has 110 valence electrons. The van der Waals surface area contributed by atoms with E-state index in [9.17, 15) is 13.6 Å². The maximum atomic E-state index is 13.2. The Labute approximate surface area is 117 Å². The molecule has 5 heteroatoms. The first-order valence-electron chi connectivity index (χ1n) is 7.04. The third-order valence-electron chi connectivity index (χ3n) is 3.77. The Morgan fingerprint density at radius 1 is 1.20 bits per heavy atom. The number of likely N-dealkylation sites (tertiary alicyclic amines) is 1. The van der Waals surface area contributed by atoms with Crippen LogP contribution in [0.15, 0.2) is 18.2 Å². The molecule has 1 aromatic carbocycles. The summed E-state index contributed by atoms with van der Waals surface area (Å²) in [6.07, 6.45) is 3.55. The molecule has 0 spiro atoms. The molecule has 1 aliphatic heterocycles. The summed E-state index contributed by atoms with van der Waals surface area (Å²) in [5.74, 6) is -2.10. The van der Waals surface area contributed by atoms with Gasteiger partial charge < -0.3 is 10.6 Å². The first-order valence-corrected chi connectivity index (χ1v) is 7.04. The Morgan fingerprint density at radius 3 is 2.50 bits per heavy atom. The molecule has 0 saturated carbocycles. The third kappa shape index (κ3) is 3.54. The summed E-state index contributed by atoms with van der Waals surface area (Å²) in [6.45, 7) is 1.76. The van der Waals surface area contributed by atoms with Crippen LogP contribution in [0.5, 0.6) is 0 Å². The van der Waals surface area contributed by atoms with Gasteiger partial charge in [-0.1, -0.05) is 6.07 Å². The molecular weight excluding hydrogens is 262 g/mol. The van der Waals surface area contributed by atoms with E-state index >= 15 is 0 Å². The molecule has 20 heavy (non-hydrogen) atoms. The summed E-state index contributed by atoms with van der Waals surface area (Å²) < 4.78 is 26.1. The molecule has 1 unspecified atom stereocenters. The smallest absolute Gasteiger partial charge is 0.227 e. The Morgan fingerprint density at radius 2 is 1.90 bits per heavy atom. The molecule has 2 rings (SSSR count). The molecule has 1 saturated heterocycles. The molecule has 1 amide bonds. The van der Waals surface area contributed by atoms with Crippen LogP contribution in [0.25, 0.3) is 0 Å². The standard InChI is InChI=1S/C15H20F2N2O/c16-13-5-4-11(9-14(13)17)8-12(10-18)15(20)19-6-2-1-3-7-19/h4-5,9,12H,1-3,6-8,10,18H2. The summed E-state index contributed by atoms with van der Waals surface area (Å²) in [7, 11) is 0. The maximum Gasteiger partial charge on any atom is 0.227 e. The second-order valence-corrected chi connectivity index (χ2v) is 5.27. The van der Waals surface area contributed by atoms with Crippen LogP contribution in [0.3, 0.4) is 0 Å². The predicted molar refractivity (Wildman–Crippen MR) is 73.0 cm³/mol. The first-order chi connectivity index (χ1) is 9.61. The molecule has 1 fully saturated rings. The number of rotatable bonds is 4. The van der Waals surface area contributed by atoms with E-state index in [0.717, 1.165) is 44.5 Å². The van der Waals surface area contributed by atoms with Gasteiger partial charge in [0.25, 0.3) is 0 Å². The van der Waals surface area contributed by atoms with Crippen molar-refractivity contribution in [2.45, 2.75) is 25.7 Å². The average Bonchev–Trinajstić information content (AvgIpc) is 2.48. The Kier molecular flexibility index (Phi) is 5.06. The number of halogens is 2. The van der Waals surface area contributed by atoms with Gasteiger partial charge in [0.05, 0.1) is 5.92 Å². The lowest BCUT2D eigenvalue weighted by Gasteiger charge is -2.30. The number of hydrogen-bond donors (Lipinski definition) is 1. The van der Waals surface area contributed by atoms with Gasteiger partial charge in [-0.15, -0.1) is 0 Å². The fourth-order valence-electron chi connectivity index (χ4n) is 2.60. The van der Waals surface area contributed by atoms with E-state index in [2.05, 4.69) is 0 Å². The van der Waals surface area contributed by atoms with Gasteiger partial charge in [-0.2, -0.15) is 0 Å². The lowest BCUT2D eigenvalue weighted by atomic mass is 9.96. The maximum absolute atomic E-state index is 13.2. The number of carbonyl (C=O) groups is 1. The van der Waals surface area contributed by atoms with E-state index in [0.29, 0.717) is 12.0 Å². The zero-order chi connectivity index (χ0) is 14.5. The third-order valence-corrected chi connectivity index (χ3v) is 3.77. The first kappa shape index (κ1) is 14.9. The van der Waals surface area contributed by atoms with E-state index in [1.165, 1.54) is 6.07 Å². The van der Waals surface area contributed by atoms with Crippen molar-refractivity contribution in [3.63, 3.8) is 0 Å². The lowest BCUT2D eigenvalue weighted by molar-refractivity contribution is -0.136. The van der Waals surface area contributed by atoms with Gasteiger partial charge in [-0.05, 0) is 43.4 Å². The molecule has 0 aromatic heterocycles. The molecule has 0 aliphatic carbocycles. The Bertz CT molecular complexity index is 473. The van der Waals surface area contributed by atoms with Crippen LogP contribution in [-0.4, -0.2) is 30.4 Å². The molecule has 1 atom stereocenters. The van der Waals surface area contributed by atoms with Crippen molar-refractivity contribution in [2.24, 2.45) is 11.7 Å². The summed E-state index contributed by atoms with van der Waals surface area (Å²) in [5.41, 5.74) is 6.28. The minimum Gasteiger partial charge on any atom is -0.342 e. The Balaban J connectivity index is 2.03. The van der Waals surface area contributed by atoms with Crippen LogP contribution in [-0.2, 0) is 11.2 Å². The quantitative estimate of drug-likeness (QED) is 0.919. The molecule has 3 nitrogen and oxygen atoms in total. The minimum absolute atomic E-state index is 0.0249. The highest BCUT2D eigenvalue weighted by Crippen LogP contribution is 2.17. The van der Waals surface area contributed by atoms with Gasteiger partial charge in [0.15, 0.2) is 11.6 Å². The largest absolute Gasteiger partial charge is 0.342 e. The van der Waals surface area contributed by atoms with Crippen molar-refractivity contribution >= 4 is 5.91 Å². The number of hydrogen-bond acceptors (Lipinski definition) is 2. The van der Waals surface area contributed by atoms with Crippen LogP contribution in [0.1, 0.15) is 24.8 Å². The fraction of sp³-hybridized carbons (Fsp3) is 0.533. The summed E-state index contributed by atoms with van der Waals surface area (Å²) in [4.78, 5) is 14.2. The van der Waals surface area contributed by atoms with E-state index < -0.39 is 11.6 Å². The highest BCUT2D eigenvalue weighted by molar-refractivity contribution is 5.79. The average molecular weight is 282 g/mol. The monoisotopic (exact) mass is 282 g/mol. The van der Waals surface area contributed by atoms with E-state index in [1.807, 2.05) is 4.90 Å². The van der Waals surface area contributed by atoms with Crippen molar-refractivity contribution in [1.29, 1.82) is 0 Å². The topological polar surface area (TPSA) is 46.3 Å².